The Hall–Kier alpha value is -4.28. The van der Waals surface area contributed by atoms with Gasteiger partial charge in [0.25, 0.3) is 0 Å². The molecule has 63 heavy (non-hydrogen) atoms. The van der Waals surface area contributed by atoms with Crippen LogP contribution in [-0.4, -0.2) is 151 Å². The third-order valence-corrected chi connectivity index (χ3v) is 12.1. The number of nitrogens with zero attached hydrogens (tertiary/aromatic N) is 3. The summed E-state index contributed by atoms with van der Waals surface area (Å²) in [6, 6.07) is 5.54. The van der Waals surface area contributed by atoms with Gasteiger partial charge < -0.3 is 45.1 Å². The van der Waals surface area contributed by atoms with Crippen molar-refractivity contribution in [1.29, 1.82) is 0 Å². The number of hydrogen-bond donors (Lipinski definition) is 4. The van der Waals surface area contributed by atoms with Gasteiger partial charge in [-0.05, 0) is 70.4 Å². The highest BCUT2D eigenvalue weighted by Crippen LogP contribution is 2.30. The number of alkyl carbamates (subject to hydrolysis) is 1. The summed E-state index contributed by atoms with van der Waals surface area (Å²) in [6.45, 7) is 20.1. The maximum Gasteiger partial charge on any atom is 0.407 e. The number of amides is 5. The molecule has 0 radical (unpaired) electrons. The van der Waals surface area contributed by atoms with E-state index in [0.717, 1.165) is 5.56 Å². The Morgan fingerprint density at radius 1 is 0.905 bits per heavy atom. The number of nitrogens with one attached hydrogen (secondary N) is 3. The van der Waals surface area contributed by atoms with Gasteiger partial charge in [0, 0.05) is 47.3 Å². The molecule has 1 fully saturated rings. The van der Waals surface area contributed by atoms with Gasteiger partial charge in [-0.25, -0.2) is 9.59 Å². The number of rotatable bonds is 25. The van der Waals surface area contributed by atoms with Gasteiger partial charge >= 0.3 is 12.1 Å². The number of aliphatic carboxylic acids is 1. The second kappa shape index (κ2) is 25.9. The van der Waals surface area contributed by atoms with Crippen LogP contribution < -0.4 is 16.0 Å². The SMILES string of the molecule is CC[C@H](C)[C@@H]([C@@H](CC(=O)N1CCC[C@H]1[C@H](OC)[C@@H](C)C(=O)N[C@@H](Cc1ccccc1)C(=O)O)OC)N(C)C(=O)[C@@H](NC(=O)[C@H](C(C)C)N(C)CCCNC(=O)OC(C)(C)C)C(C)C. The summed E-state index contributed by atoms with van der Waals surface area (Å²) in [5.41, 5.74) is 0.168. The second-order valence-corrected chi connectivity index (χ2v) is 18.9. The summed E-state index contributed by atoms with van der Waals surface area (Å²) in [4.78, 5) is 86.0. The molecule has 1 aromatic carbocycles. The number of carbonyl (C=O) groups is 6. The van der Waals surface area contributed by atoms with Crippen molar-refractivity contribution >= 4 is 35.7 Å². The molecule has 16 nitrogen and oxygen atoms in total. The van der Waals surface area contributed by atoms with Crippen LogP contribution in [0.15, 0.2) is 30.3 Å². The molecule has 0 bridgehead atoms. The van der Waals surface area contributed by atoms with Gasteiger partial charge in [0.1, 0.15) is 17.7 Å². The lowest BCUT2D eigenvalue weighted by atomic mass is 9.89. The number of benzene rings is 1. The minimum atomic E-state index is -1.15. The third kappa shape index (κ3) is 16.7. The van der Waals surface area contributed by atoms with E-state index in [4.69, 9.17) is 14.2 Å². The molecule has 16 heteroatoms. The molecule has 1 saturated heterocycles. The van der Waals surface area contributed by atoms with Gasteiger partial charge in [0.2, 0.25) is 23.6 Å². The highest BCUT2D eigenvalue weighted by atomic mass is 16.6. The van der Waals surface area contributed by atoms with E-state index in [0.29, 0.717) is 45.3 Å². The fraction of sp³-hybridized carbons (Fsp3) is 0.745. The molecule has 1 heterocycles. The van der Waals surface area contributed by atoms with E-state index in [2.05, 4.69) is 16.0 Å². The predicted octanol–water partition coefficient (Wildman–Crippen LogP) is 4.73. The number of ether oxygens (including phenoxy) is 3. The van der Waals surface area contributed by atoms with E-state index in [1.54, 1.807) is 44.5 Å². The average molecular weight is 889 g/mol. The maximum absolute atomic E-state index is 14.5. The van der Waals surface area contributed by atoms with Crippen molar-refractivity contribution in [3.63, 3.8) is 0 Å². The smallest absolute Gasteiger partial charge is 0.407 e. The zero-order valence-corrected chi connectivity index (χ0v) is 40.6. The standard InChI is InChI=1S/C47H80N6O10/c1-15-31(6)40(52(12)44(57)38(29(2)3)50-43(56)39(30(4)5)51(11)25-20-24-48-46(60)63-47(8,9)10)36(61-13)28-37(54)53-26-19-23-35(53)41(62-14)32(7)42(55)49-34(45(58)59)27-33-21-17-16-18-22-33/h16-18,21-22,29-32,34-36,38-41H,15,19-20,23-28H2,1-14H3,(H,48,60)(H,49,55)(H,50,56)(H,58,59)/t31-,32+,34-,35-,36+,38-,39-,40-,41+/m0/s1. The largest absolute Gasteiger partial charge is 0.480 e. The molecule has 2 rings (SSSR count). The van der Waals surface area contributed by atoms with Crippen LogP contribution in [0.25, 0.3) is 0 Å². The molecule has 1 aliphatic heterocycles. The maximum atomic E-state index is 14.5. The van der Waals surface area contributed by atoms with Crippen molar-refractivity contribution in [1.82, 2.24) is 30.7 Å². The zero-order chi connectivity index (χ0) is 47.8. The van der Waals surface area contributed by atoms with Crippen LogP contribution in [0.3, 0.4) is 0 Å². The van der Waals surface area contributed by atoms with E-state index in [1.165, 1.54) is 14.2 Å². The molecule has 1 aromatic rings. The molecule has 0 spiro atoms. The van der Waals surface area contributed by atoms with E-state index in [9.17, 15) is 33.9 Å². The summed E-state index contributed by atoms with van der Waals surface area (Å²) in [6.07, 6.45) is 0.697. The van der Waals surface area contributed by atoms with E-state index >= 15 is 0 Å². The number of methoxy groups -OCH3 is 2. The number of carbonyl (C=O) groups excluding carboxylic acids is 5. The minimum Gasteiger partial charge on any atom is -0.480 e. The average Bonchev–Trinajstić information content (AvgIpc) is 3.70. The topological polar surface area (TPSA) is 196 Å². The molecule has 0 saturated carbocycles. The first-order valence-corrected chi connectivity index (χ1v) is 22.7. The molecule has 358 valence electrons. The van der Waals surface area contributed by atoms with E-state index < -0.39 is 71.9 Å². The summed E-state index contributed by atoms with van der Waals surface area (Å²) >= 11 is 0. The highest BCUT2D eigenvalue weighted by Gasteiger charge is 2.43. The molecular formula is C47H80N6O10. The summed E-state index contributed by atoms with van der Waals surface area (Å²) in [5.74, 6) is -3.64. The van der Waals surface area contributed by atoms with Crippen LogP contribution in [0.1, 0.15) is 107 Å². The number of carboxylic acid groups (broad SMARTS) is 1. The van der Waals surface area contributed by atoms with Crippen LogP contribution in [-0.2, 0) is 44.6 Å². The van der Waals surface area contributed by atoms with Crippen molar-refractivity contribution < 1.29 is 48.1 Å². The molecule has 0 aromatic heterocycles. The van der Waals surface area contributed by atoms with Crippen LogP contribution in [0.4, 0.5) is 4.79 Å². The normalized spacial score (nSPS) is 18.2. The highest BCUT2D eigenvalue weighted by molar-refractivity contribution is 5.90. The second-order valence-electron chi connectivity index (χ2n) is 18.9. The molecule has 0 unspecified atom stereocenters. The summed E-state index contributed by atoms with van der Waals surface area (Å²) < 4.78 is 17.3. The molecule has 5 amide bonds. The van der Waals surface area contributed by atoms with Crippen LogP contribution in [0, 0.1) is 23.7 Å². The van der Waals surface area contributed by atoms with Gasteiger partial charge in [-0.3, -0.25) is 24.1 Å². The Labute approximate surface area is 376 Å². The van der Waals surface area contributed by atoms with Gasteiger partial charge in [-0.2, -0.15) is 0 Å². The van der Waals surface area contributed by atoms with Crippen LogP contribution in [0.2, 0.25) is 0 Å². The van der Waals surface area contributed by atoms with Crippen molar-refractivity contribution in [2.45, 2.75) is 156 Å². The van der Waals surface area contributed by atoms with Gasteiger partial charge in [-0.15, -0.1) is 0 Å². The Balaban J connectivity index is 2.23. The van der Waals surface area contributed by atoms with Gasteiger partial charge in [0.05, 0.1) is 42.7 Å². The molecule has 9 atom stereocenters. The lowest BCUT2D eigenvalue weighted by molar-refractivity contribution is -0.148. The van der Waals surface area contributed by atoms with Gasteiger partial charge in [0.15, 0.2) is 0 Å². The lowest BCUT2D eigenvalue weighted by Crippen LogP contribution is -2.60. The van der Waals surface area contributed by atoms with E-state index in [1.807, 2.05) is 83.8 Å². The predicted molar refractivity (Wildman–Crippen MR) is 243 cm³/mol. The van der Waals surface area contributed by atoms with Crippen LogP contribution >= 0.6 is 0 Å². The first-order valence-electron chi connectivity index (χ1n) is 22.7. The Morgan fingerprint density at radius 2 is 1.54 bits per heavy atom. The van der Waals surface area contributed by atoms with Crippen molar-refractivity contribution in [3.8, 4) is 0 Å². The molecule has 0 aliphatic carbocycles. The molecule has 1 aliphatic rings. The molecular weight excluding hydrogens is 809 g/mol. The number of likely N-dealkylation sites (tertiary alicyclic amines) is 1. The number of likely N-dealkylation sites (N-methyl/N-ethyl adjacent to an activating group) is 2. The summed E-state index contributed by atoms with van der Waals surface area (Å²) in [7, 11) is 6.57. The Morgan fingerprint density at radius 3 is 2.06 bits per heavy atom. The Bertz CT molecular complexity index is 1620. The quantitative estimate of drug-likeness (QED) is 0.0992. The van der Waals surface area contributed by atoms with Gasteiger partial charge in [-0.1, -0.05) is 85.2 Å². The van der Waals surface area contributed by atoms with Crippen molar-refractivity contribution in [2.24, 2.45) is 23.7 Å². The monoisotopic (exact) mass is 889 g/mol. The third-order valence-electron chi connectivity index (χ3n) is 12.1. The number of carboxylic acids is 1. The number of hydrogen-bond acceptors (Lipinski definition) is 10. The van der Waals surface area contributed by atoms with Crippen molar-refractivity contribution in [3.05, 3.63) is 35.9 Å². The van der Waals surface area contributed by atoms with Crippen LogP contribution in [0.5, 0.6) is 0 Å². The van der Waals surface area contributed by atoms with E-state index in [-0.39, 0.29) is 48.3 Å². The molecule has 4 N–H and O–H groups in total. The zero-order valence-electron chi connectivity index (χ0n) is 40.6. The first-order chi connectivity index (χ1) is 29.5. The fourth-order valence-corrected chi connectivity index (χ4v) is 8.61. The summed E-state index contributed by atoms with van der Waals surface area (Å²) in [5, 5.41) is 18.4. The first kappa shape index (κ1) is 54.9. The van der Waals surface area contributed by atoms with Crippen molar-refractivity contribution in [2.75, 3.05) is 47.9 Å². The lowest BCUT2D eigenvalue weighted by Gasteiger charge is -2.41. The minimum absolute atomic E-state index is 0.0451. The fourth-order valence-electron chi connectivity index (χ4n) is 8.61. The Kier molecular flexibility index (Phi) is 22.5.